The number of amides is 1. The van der Waals surface area contributed by atoms with Crippen molar-refractivity contribution in [2.75, 3.05) is 20.2 Å². The van der Waals surface area contributed by atoms with E-state index in [-0.39, 0.29) is 17.8 Å². The molecule has 0 aliphatic heterocycles. The second kappa shape index (κ2) is 5.45. The molecule has 15 heavy (non-hydrogen) atoms. The van der Waals surface area contributed by atoms with Crippen LogP contribution in [0.2, 0.25) is 0 Å². The van der Waals surface area contributed by atoms with Crippen molar-refractivity contribution in [1.82, 2.24) is 20.1 Å². The van der Waals surface area contributed by atoms with Crippen LogP contribution in [0.3, 0.4) is 0 Å². The average molecular weight is 212 g/mol. The number of nitrogens with one attached hydrogen (secondary N) is 1. The van der Waals surface area contributed by atoms with Crippen molar-refractivity contribution in [1.29, 1.82) is 0 Å². The van der Waals surface area contributed by atoms with E-state index in [0.29, 0.717) is 13.2 Å². The van der Waals surface area contributed by atoms with Crippen molar-refractivity contribution >= 4 is 5.91 Å². The number of aromatic nitrogens is 3. The van der Waals surface area contributed by atoms with Crippen LogP contribution in [0.15, 0.2) is 6.33 Å². The predicted molar refractivity (Wildman–Crippen MR) is 54.4 cm³/mol. The molecule has 0 radical (unpaired) electrons. The molecule has 0 saturated heterocycles. The first-order valence-electron chi connectivity index (χ1n) is 4.83. The van der Waals surface area contributed by atoms with Crippen molar-refractivity contribution in [3.8, 4) is 0 Å². The summed E-state index contributed by atoms with van der Waals surface area (Å²) in [5.41, 5.74) is 0. The van der Waals surface area contributed by atoms with Gasteiger partial charge in [0.25, 0.3) is 5.91 Å². The molecule has 1 amide bonds. The Labute approximate surface area is 88.6 Å². The minimum absolute atomic E-state index is 0.179. The Morgan fingerprint density at radius 1 is 1.67 bits per heavy atom. The summed E-state index contributed by atoms with van der Waals surface area (Å²) >= 11 is 0. The van der Waals surface area contributed by atoms with Crippen LogP contribution in [0.5, 0.6) is 0 Å². The monoisotopic (exact) mass is 212 g/mol. The molecule has 6 heteroatoms. The van der Waals surface area contributed by atoms with Gasteiger partial charge in [0.1, 0.15) is 6.33 Å². The Morgan fingerprint density at radius 2 is 2.40 bits per heavy atom. The molecule has 0 spiro atoms. The Hall–Kier alpha value is -1.43. The second-order valence-corrected chi connectivity index (χ2v) is 3.48. The van der Waals surface area contributed by atoms with Gasteiger partial charge in [-0.25, -0.2) is 4.98 Å². The van der Waals surface area contributed by atoms with E-state index in [9.17, 15) is 4.79 Å². The summed E-state index contributed by atoms with van der Waals surface area (Å²) in [7, 11) is 1.70. The van der Waals surface area contributed by atoms with Crippen LogP contribution < -0.4 is 0 Å². The molecule has 0 unspecified atom stereocenters. The first-order valence-corrected chi connectivity index (χ1v) is 4.83. The highest BCUT2D eigenvalue weighted by Gasteiger charge is 2.13. The summed E-state index contributed by atoms with van der Waals surface area (Å²) in [6.45, 7) is 4.97. The molecule has 1 aromatic rings. The molecule has 1 N–H and O–H groups in total. The maximum Gasteiger partial charge on any atom is 0.290 e. The van der Waals surface area contributed by atoms with Gasteiger partial charge in [0, 0.05) is 13.6 Å². The van der Waals surface area contributed by atoms with Gasteiger partial charge in [0.15, 0.2) is 0 Å². The van der Waals surface area contributed by atoms with Gasteiger partial charge in [-0.1, -0.05) is 0 Å². The summed E-state index contributed by atoms with van der Waals surface area (Å²) in [5.74, 6) is 0.0712. The first kappa shape index (κ1) is 11.6. The van der Waals surface area contributed by atoms with Gasteiger partial charge < -0.3 is 9.64 Å². The van der Waals surface area contributed by atoms with Crippen LogP contribution in [0, 0.1) is 0 Å². The lowest BCUT2D eigenvalue weighted by Gasteiger charge is -2.16. The van der Waals surface area contributed by atoms with Gasteiger partial charge in [-0.15, -0.1) is 0 Å². The van der Waals surface area contributed by atoms with Crippen molar-refractivity contribution in [2.45, 2.75) is 20.0 Å². The third kappa shape index (κ3) is 3.67. The standard InChI is InChI=1S/C9H16N4O2/c1-7(2)15-5-4-13(3)9(14)8-10-6-11-12-8/h6-7H,4-5H2,1-3H3,(H,10,11,12). The predicted octanol–water partition coefficient (Wildman–Crippen LogP) is 0.302. The van der Waals surface area contributed by atoms with Gasteiger partial charge in [-0.05, 0) is 13.8 Å². The van der Waals surface area contributed by atoms with E-state index in [1.165, 1.54) is 6.33 Å². The third-order valence-corrected chi connectivity index (χ3v) is 1.84. The summed E-state index contributed by atoms with van der Waals surface area (Å²) in [4.78, 5) is 16.9. The lowest BCUT2D eigenvalue weighted by Crippen LogP contribution is -2.31. The van der Waals surface area contributed by atoms with Crippen molar-refractivity contribution in [2.24, 2.45) is 0 Å². The summed E-state index contributed by atoms with van der Waals surface area (Å²) in [6, 6.07) is 0. The number of carbonyl (C=O) groups is 1. The van der Waals surface area contributed by atoms with Gasteiger partial charge in [0.05, 0.1) is 12.7 Å². The zero-order valence-corrected chi connectivity index (χ0v) is 9.23. The van der Waals surface area contributed by atoms with Crippen LogP contribution >= 0.6 is 0 Å². The van der Waals surface area contributed by atoms with Gasteiger partial charge in [0.2, 0.25) is 5.82 Å². The Kier molecular flexibility index (Phi) is 4.23. The lowest BCUT2D eigenvalue weighted by atomic mass is 10.4. The largest absolute Gasteiger partial charge is 0.377 e. The molecule has 0 aliphatic rings. The number of nitrogens with zero attached hydrogens (tertiary/aromatic N) is 3. The Bertz CT molecular complexity index is 297. The molecular formula is C9H16N4O2. The molecule has 1 rings (SSSR count). The molecule has 1 aromatic heterocycles. The highest BCUT2D eigenvalue weighted by Crippen LogP contribution is 1.95. The van der Waals surface area contributed by atoms with Gasteiger partial charge in [-0.3, -0.25) is 9.89 Å². The highest BCUT2D eigenvalue weighted by molar-refractivity contribution is 5.90. The van der Waals surface area contributed by atoms with Gasteiger partial charge >= 0.3 is 0 Å². The maximum atomic E-state index is 11.6. The maximum absolute atomic E-state index is 11.6. The molecular weight excluding hydrogens is 196 g/mol. The van der Waals surface area contributed by atoms with Crippen LogP contribution in [-0.2, 0) is 4.74 Å². The molecule has 0 aliphatic carbocycles. The van der Waals surface area contributed by atoms with Crippen LogP contribution in [0.1, 0.15) is 24.5 Å². The molecule has 0 aromatic carbocycles. The number of likely N-dealkylation sites (N-methyl/N-ethyl adjacent to an activating group) is 1. The zero-order valence-electron chi connectivity index (χ0n) is 9.23. The van der Waals surface area contributed by atoms with E-state index in [2.05, 4.69) is 15.2 Å². The van der Waals surface area contributed by atoms with E-state index in [0.717, 1.165) is 0 Å². The number of hydrogen-bond donors (Lipinski definition) is 1. The number of ether oxygens (including phenoxy) is 1. The SMILES string of the molecule is CC(C)OCCN(C)C(=O)c1ncn[nH]1. The minimum atomic E-state index is -0.181. The molecule has 6 nitrogen and oxygen atoms in total. The molecule has 84 valence electrons. The van der Waals surface area contributed by atoms with E-state index >= 15 is 0 Å². The Morgan fingerprint density at radius 3 is 2.93 bits per heavy atom. The molecule has 0 fully saturated rings. The normalized spacial score (nSPS) is 10.7. The molecule has 0 bridgehead atoms. The second-order valence-electron chi connectivity index (χ2n) is 3.48. The smallest absolute Gasteiger partial charge is 0.290 e. The van der Waals surface area contributed by atoms with E-state index in [1.54, 1.807) is 11.9 Å². The van der Waals surface area contributed by atoms with E-state index in [4.69, 9.17) is 4.74 Å². The van der Waals surface area contributed by atoms with Crippen LogP contribution in [0.4, 0.5) is 0 Å². The van der Waals surface area contributed by atoms with E-state index < -0.39 is 0 Å². The zero-order chi connectivity index (χ0) is 11.3. The highest BCUT2D eigenvalue weighted by atomic mass is 16.5. The number of rotatable bonds is 5. The summed E-state index contributed by atoms with van der Waals surface area (Å²) < 4.78 is 5.34. The van der Waals surface area contributed by atoms with Crippen molar-refractivity contribution < 1.29 is 9.53 Å². The lowest BCUT2D eigenvalue weighted by molar-refractivity contribution is 0.0526. The molecule has 0 atom stereocenters. The molecule has 0 saturated carbocycles. The first-order chi connectivity index (χ1) is 7.11. The minimum Gasteiger partial charge on any atom is -0.377 e. The fourth-order valence-corrected chi connectivity index (χ4v) is 1.02. The van der Waals surface area contributed by atoms with Crippen LogP contribution in [-0.4, -0.2) is 52.3 Å². The summed E-state index contributed by atoms with van der Waals surface area (Å²) in [5, 5.41) is 6.14. The van der Waals surface area contributed by atoms with Crippen LogP contribution in [0.25, 0.3) is 0 Å². The topological polar surface area (TPSA) is 71.1 Å². The summed E-state index contributed by atoms with van der Waals surface area (Å²) in [6.07, 6.45) is 1.49. The van der Waals surface area contributed by atoms with Crippen molar-refractivity contribution in [3.63, 3.8) is 0 Å². The van der Waals surface area contributed by atoms with E-state index in [1.807, 2.05) is 13.8 Å². The fourth-order valence-electron chi connectivity index (χ4n) is 1.02. The quantitative estimate of drug-likeness (QED) is 0.762. The van der Waals surface area contributed by atoms with Gasteiger partial charge in [-0.2, -0.15) is 5.10 Å². The molecule has 1 heterocycles. The number of aromatic amines is 1. The Balaban J connectivity index is 2.34. The fraction of sp³-hybridized carbons (Fsp3) is 0.667. The number of H-pyrrole nitrogens is 1. The van der Waals surface area contributed by atoms with Crippen molar-refractivity contribution in [3.05, 3.63) is 12.2 Å². The average Bonchev–Trinajstić information content (AvgIpc) is 2.68. The third-order valence-electron chi connectivity index (χ3n) is 1.84. The number of carbonyl (C=O) groups excluding carboxylic acids is 1. The number of hydrogen-bond acceptors (Lipinski definition) is 4.